The number of carbonyl (C=O) groups excluding carboxylic acids is 2. The third-order valence-electron chi connectivity index (χ3n) is 6.62. The molecule has 11 heteroatoms. The second-order valence-corrected chi connectivity index (χ2v) is 13.1. The molecule has 2 N–H and O–H groups in total. The Morgan fingerprint density at radius 1 is 0.976 bits per heavy atom. The monoisotopic (exact) mass is 608 g/mol. The van der Waals surface area contributed by atoms with Gasteiger partial charge in [0.25, 0.3) is 0 Å². The molecule has 0 aliphatic rings. The first kappa shape index (κ1) is 31.8. The number of unbranched alkanes of at least 4 members (excludes halogenated alkanes) is 2. The van der Waals surface area contributed by atoms with Crippen molar-refractivity contribution in [1.29, 1.82) is 0 Å². The summed E-state index contributed by atoms with van der Waals surface area (Å²) in [7, 11) is 3.21. The molecule has 9 nitrogen and oxygen atoms in total. The van der Waals surface area contributed by atoms with E-state index in [4.69, 9.17) is 9.72 Å². The fraction of sp³-hybridized carbons (Fsp3) is 0.452. The molecule has 0 aliphatic heterocycles. The first-order valence-corrected chi connectivity index (χ1v) is 16.8. The van der Waals surface area contributed by atoms with Gasteiger partial charge < -0.3 is 19.9 Å². The van der Waals surface area contributed by atoms with Gasteiger partial charge in [0.15, 0.2) is 0 Å². The molecule has 0 saturated heterocycles. The van der Waals surface area contributed by atoms with Gasteiger partial charge in [-0.15, -0.1) is 0 Å². The fourth-order valence-corrected chi connectivity index (χ4v) is 6.56. The van der Waals surface area contributed by atoms with Crippen LogP contribution in [-0.2, 0) is 27.5 Å². The smallest absolute Gasteiger partial charge is 0.220 e. The number of imidazole rings is 1. The summed E-state index contributed by atoms with van der Waals surface area (Å²) in [5.41, 5.74) is 2.23. The van der Waals surface area contributed by atoms with E-state index >= 15 is 0 Å². The number of rotatable bonds is 17. The molecule has 3 aromatic heterocycles. The number of hydrogen-bond donors (Lipinski definition) is 2. The number of carbonyl (C=O) groups is 2. The normalized spacial score (nSPS) is 11.7. The number of pyridine rings is 2. The Morgan fingerprint density at radius 2 is 1.81 bits per heavy atom. The third-order valence-corrected chi connectivity index (χ3v) is 8.89. The lowest BCUT2D eigenvalue weighted by Gasteiger charge is -2.28. The summed E-state index contributed by atoms with van der Waals surface area (Å²) in [4.78, 5) is 38.6. The van der Waals surface area contributed by atoms with Crippen molar-refractivity contribution in [3.8, 4) is 0 Å². The molecule has 0 radical (unpaired) electrons. The summed E-state index contributed by atoms with van der Waals surface area (Å²) in [5.74, 6) is 1.63. The fourth-order valence-electron chi connectivity index (χ4n) is 4.70. The number of nitrogens with one attached hydrogen (secondary N) is 2. The van der Waals surface area contributed by atoms with Gasteiger partial charge in [0.05, 0.1) is 22.8 Å². The molecule has 0 saturated carbocycles. The predicted octanol–water partition coefficient (Wildman–Crippen LogP) is 5.92. The van der Waals surface area contributed by atoms with Crippen LogP contribution in [0.5, 0.6) is 0 Å². The second-order valence-electron chi connectivity index (χ2n) is 10.7. The highest BCUT2D eigenvalue weighted by Gasteiger charge is 2.25. The topological polar surface area (TPSA) is 111 Å². The number of ether oxygens (including phenoxy) is 1. The molecular weight excluding hydrogens is 569 g/mol. The highest BCUT2D eigenvalue weighted by atomic mass is 33.1. The van der Waals surface area contributed by atoms with Crippen LogP contribution < -0.4 is 10.6 Å². The molecule has 2 amide bonds. The highest BCUT2D eigenvalue weighted by molar-refractivity contribution is 8.76. The van der Waals surface area contributed by atoms with Crippen molar-refractivity contribution in [2.45, 2.75) is 76.6 Å². The van der Waals surface area contributed by atoms with Gasteiger partial charge in [-0.05, 0) is 62.6 Å². The van der Waals surface area contributed by atoms with Crippen LogP contribution in [0.1, 0.15) is 58.7 Å². The van der Waals surface area contributed by atoms with Gasteiger partial charge in [0.1, 0.15) is 23.0 Å². The average molecular weight is 609 g/mol. The molecule has 224 valence electrons. The van der Waals surface area contributed by atoms with E-state index in [1.807, 2.05) is 57.2 Å². The van der Waals surface area contributed by atoms with Crippen LogP contribution in [-0.4, -0.2) is 55.8 Å². The van der Waals surface area contributed by atoms with Crippen molar-refractivity contribution in [2.24, 2.45) is 0 Å². The van der Waals surface area contributed by atoms with Crippen LogP contribution in [0, 0.1) is 0 Å². The summed E-state index contributed by atoms with van der Waals surface area (Å²) >= 11 is 0. The van der Waals surface area contributed by atoms with E-state index in [2.05, 4.69) is 31.2 Å². The lowest BCUT2D eigenvalue weighted by molar-refractivity contribution is -0.123. The van der Waals surface area contributed by atoms with Gasteiger partial charge in [-0.1, -0.05) is 41.5 Å². The Kier molecular flexibility index (Phi) is 12.0. The molecule has 4 rings (SSSR count). The van der Waals surface area contributed by atoms with Crippen LogP contribution in [0.15, 0.2) is 59.9 Å². The van der Waals surface area contributed by atoms with Crippen molar-refractivity contribution in [3.63, 3.8) is 0 Å². The average Bonchev–Trinajstić information content (AvgIpc) is 3.33. The Balaban J connectivity index is 1.20. The molecule has 0 aliphatic carbocycles. The lowest BCUT2D eigenvalue weighted by atomic mass is 10.0. The van der Waals surface area contributed by atoms with E-state index in [-0.39, 0.29) is 11.8 Å². The summed E-state index contributed by atoms with van der Waals surface area (Å²) in [6.07, 6.45) is 6.99. The SMILES string of the molecule is CCOCc1nc2cnc3ccccc3c2n1CC(C)(C)NC(=O)CCCCCNC(=O)CCSSc1ccccn1. The molecule has 0 unspecified atom stereocenters. The van der Waals surface area contributed by atoms with Gasteiger partial charge in [-0.25, -0.2) is 9.97 Å². The quantitative estimate of drug-likeness (QED) is 0.112. The zero-order valence-corrected chi connectivity index (χ0v) is 26.2. The number of hydrogen-bond acceptors (Lipinski definition) is 8. The van der Waals surface area contributed by atoms with Gasteiger partial charge in [0.2, 0.25) is 11.8 Å². The Labute approximate surface area is 255 Å². The highest BCUT2D eigenvalue weighted by Crippen LogP contribution is 2.29. The molecule has 0 fully saturated rings. The van der Waals surface area contributed by atoms with Crippen LogP contribution in [0.25, 0.3) is 21.9 Å². The third kappa shape index (κ3) is 9.43. The number of benzene rings is 1. The van der Waals surface area contributed by atoms with Crippen molar-refractivity contribution >= 4 is 55.3 Å². The van der Waals surface area contributed by atoms with E-state index in [0.717, 1.165) is 57.8 Å². The van der Waals surface area contributed by atoms with E-state index in [0.29, 0.717) is 39.1 Å². The van der Waals surface area contributed by atoms with Crippen molar-refractivity contribution in [1.82, 2.24) is 30.2 Å². The van der Waals surface area contributed by atoms with Crippen molar-refractivity contribution in [2.75, 3.05) is 18.9 Å². The largest absolute Gasteiger partial charge is 0.374 e. The van der Waals surface area contributed by atoms with Crippen LogP contribution in [0.2, 0.25) is 0 Å². The first-order chi connectivity index (χ1) is 20.4. The van der Waals surface area contributed by atoms with Crippen molar-refractivity contribution < 1.29 is 14.3 Å². The second kappa shape index (κ2) is 15.9. The summed E-state index contributed by atoms with van der Waals surface area (Å²) in [5, 5.41) is 8.17. The van der Waals surface area contributed by atoms with E-state index in [9.17, 15) is 9.59 Å². The molecule has 0 spiro atoms. The molecule has 1 aromatic carbocycles. The Hall–Kier alpha value is -3.15. The standard InChI is InChI=1S/C31H40N6O3S2/c1-4-40-21-26-35-25-20-34-24-13-8-7-12-23(24)30(25)37(26)22-31(2,3)36-28(39)14-6-5-10-17-32-27(38)16-19-41-42-29-15-9-11-18-33-29/h7-9,11-13,15,18,20H,4-6,10,14,16-17,19,21-22H2,1-3H3,(H,32,38)(H,36,39). The number of fused-ring (bicyclic) bond motifs is 3. The van der Waals surface area contributed by atoms with Crippen LogP contribution in [0.3, 0.4) is 0 Å². The van der Waals surface area contributed by atoms with E-state index in [1.165, 1.54) is 0 Å². The van der Waals surface area contributed by atoms with Gasteiger partial charge in [0, 0.05) is 49.9 Å². The molecule has 3 heterocycles. The Bertz CT molecular complexity index is 1460. The Morgan fingerprint density at radius 3 is 2.62 bits per heavy atom. The maximum Gasteiger partial charge on any atom is 0.220 e. The summed E-state index contributed by atoms with van der Waals surface area (Å²) < 4.78 is 7.88. The van der Waals surface area contributed by atoms with E-state index in [1.54, 1.807) is 34.0 Å². The number of amides is 2. The summed E-state index contributed by atoms with van der Waals surface area (Å²) in [6, 6.07) is 13.8. The minimum atomic E-state index is -0.503. The zero-order valence-electron chi connectivity index (χ0n) is 24.6. The predicted molar refractivity (Wildman–Crippen MR) is 171 cm³/mol. The van der Waals surface area contributed by atoms with E-state index < -0.39 is 5.54 Å². The molecule has 42 heavy (non-hydrogen) atoms. The number of nitrogens with zero attached hydrogens (tertiary/aromatic N) is 4. The molecule has 0 bridgehead atoms. The molecule has 0 atom stereocenters. The van der Waals surface area contributed by atoms with Gasteiger partial charge in [-0.3, -0.25) is 14.6 Å². The number of para-hydroxylation sites is 1. The zero-order chi connectivity index (χ0) is 29.8. The number of aromatic nitrogens is 4. The maximum absolute atomic E-state index is 12.9. The van der Waals surface area contributed by atoms with Crippen molar-refractivity contribution in [3.05, 3.63) is 60.7 Å². The first-order valence-electron chi connectivity index (χ1n) is 14.4. The minimum Gasteiger partial charge on any atom is -0.374 e. The maximum atomic E-state index is 12.9. The minimum absolute atomic E-state index is 0.0220. The van der Waals surface area contributed by atoms with Crippen LogP contribution >= 0.6 is 21.6 Å². The van der Waals surface area contributed by atoms with Gasteiger partial charge in [-0.2, -0.15) is 0 Å². The molecular formula is C31H40N6O3S2. The lowest BCUT2D eigenvalue weighted by Crippen LogP contribution is -2.46. The molecule has 4 aromatic rings. The summed E-state index contributed by atoms with van der Waals surface area (Å²) in [6.45, 7) is 8.20. The van der Waals surface area contributed by atoms with Crippen LogP contribution in [0.4, 0.5) is 0 Å². The van der Waals surface area contributed by atoms with Gasteiger partial charge >= 0.3 is 0 Å².